The molecule has 0 aliphatic carbocycles. The van der Waals surface area contributed by atoms with E-state index in [0.717, 1.165) is 24.1 Å². The number of hydrogen-bond acceptors (Lipinski definition) is 2. The van der Waals surface area contributed by atoms with Gasteiger partial charge in [0.25, 0.3) is 0 Å². The van der Waals surface area contributed by atoms with E-state index in [4.69, 9.17) is 17.0 Å². The fourth-order valence-electron chi connectivity index (χ4n) is 2.38. The quantitative estimate of drug-likeness (QED) is 0.680. The maximum atomic E-state index is 13.3. The third-order valence-electron chi connectivity index (χ3n) is 3.37. The number of benzene rings is 1. The lowest BCUT2D eigenvalue weighted by Crippen LogP contribution is -2.48. The van der Waals surface area contributed by atoms with Gasteiger partial charge in [-0.2, -0.15) is 0 Å². The molecule has 1 aliphatic rings. The van der Waals surface area contributed by atoms with Crippen LogP contribution in [0.15, 0.2) is 18.2 Å². The third kappa shape index (κ3) is 3.22. The Labute approximate surface area is 118 Å². The minimum absolute atomic E-state index is 0.188. The molecule has 1 heterocycles. The summed E-state index contributed by atoms with van der Waals surface area (Å²) in [6.07, 6.45) is 1.87. The molecule has 19 heavy (non-hydrogen) atoms. The van der Waals surface area contributed by atoms with Crippen LogP contribution in [0.2, 0.25) is 0 Å². The topological polar surface area (TPSA) is 24.5 Å². The fourth-order valence-corrected chi connectivity index (χ4v) is 2.76. The Bertz CT molecular complexity index is 467. The highest BCUT2D eigenvalue weighted by Gasteiger charge is 2.26. The molecule has 0 saturated heterocycles. The molecule has 1 aliphatic heterocycles. The van der Waals surface area contributed by atoms with Gasteiger partial charge in [0.15, 0.2) is 5.11 Å². The molecule has 1 aromatic rings. The number of nitrogens with zero attached hydrogens (tertiary/aromatic N) is 1. The van der Waals surface area contributed by atoms with E-state index in [2.05, 4.69) is 17.1 Å². The highest BCUT2D eigenvalue weighted by molar-refractivity contribution is 7.80. The van der Waals surface area contributed by atoms with Crippen LogP contribution in [-0.4, -0.2) is 31.4 Å². The van der Waals surface area contributed by atoms with E-state index in [9.17, 15) is 4.39 Å². The Morgan fingerprint density at radius 3 is 3.11 bits per heavy atom. The van der Waals surface area contributed by atoms with E-state index >= 15 is 0 Å². The monoisotopic (exact) mass is 282 g/mol. The molecule has 1 N–H and O–H groups in total. The first-order valence-electron chi connectivity index (χ1n) is 6.48. The summed E-state index contributed by atoms with van der Waals surface area (Å²) in [7, 11) is 1.66. The molecule has 1 atom stereocenters. The first kappa shape index (κ1) is 14.2. The zero-order valence-electron chi connectivity index (χ0n) is 11.3. The number of anilines is 1. The molecule has 3 nitrogen and oxygen atoms in total. The standard InChI is InChI=1S/C14H19FN2OS/c1-10-3-4-11-9-12(15)5-6-13(11)17(10)14(19)16-7-8-18-2/h5-6,9-10H,3-4,7-8H2,1-2H3,(H,16,19)/t10-/m0/s1. The van der Waals surface area contributed by atoms with Crippen molar-refractivity contribution in [3.63, 3.8) is 0 Å². The first-order valence-corrected chi connectivity index (χ1v) is 6.88. The van der Waals surface area contributed by atoms with Gasteiger partial charge in [0.2, 0.25) is 0 Å². The maximum absolute atomic E-state index is 13.3. The number of hydrogen-bond donors (Lipinski definition) is 1. The normalized spacial score (nSPS) is 18.1. The maximum Gasteiger partial charge on any atom is 0.173 e. The van der Waals surface area contributed by atoms with E-state index in [-0.39, 0.29) is 5.82 Å². The van der Waals surface area contributed by atoms with Crippen molar-refractivity contribution in [3.8, 4) is 0 Å². The van der Waals surface area contributed by atoms with Gasteiger partial charge >= 0.3 is 0 Å². The molecule has 0 amide bonds. The van der Waals surface area contributed by atoms with Crippen LogP contribution < -0.4 is 10.2 Å². The number of aryl methyl sites for hydroxylation is 1. The van der Waals surface area contributed by atoms with Crippen molar-refractivity contribution < 1.29 is 9.13 Å². The van der Waals surface area contributed by atoms with E-state index in [1.807, 2.05) is 6.07 Å². The predicted octanol–water partition coefficient (Wildman–Crippen LogP) is 2.49. The Hall–Kier alpha value is -1.20. The second-order valence-corrected chi connectivity index (χ2v) is 5.14. The molecule has 104 valence electrons. The second-order valence-electron chi connectivity index (χ2n) is 4.76. The van der Waals surface area contributed by atoms with Crippen molar-refractivity contribution in [3.05, 3.63) is 29.6 Å². The predicted molar refractivity (Wildman–Crippen MR) is 79.1 cm³/mol. The van der Waals surface area contributed by atoms with Gasteiger partial charge in [0.05, 0.1) is 6.61 Å². The van der Waals surface area contributed by atoms with Crippen LogP contribution in [-0.2, 0) is 11.2 Å². The zero-order valence-corrected chi connectivity index (χ0v) is 12.1. The van der Waals surface area contributed by atoms with Gasteiger partial charge in [-0.1, -0.05) is 0 Å². The number of methoxy groups -OCH3 is 1. The largest absolute Gasteiger partial charge is 0.383 e. The minimum atomic E-state index is -0.188. The van der Waals surface area contributed by atoms with Crippen LogP contribution in [0.3, 0.4) is 0 Å². The van der Waals surface area contributed by atoms with Gasteiger partial charge in [-0.15, -0.1) is 0 Å². The number of thiocarbonyl (C=S) groups is 1. The van der Waals surface area contributed by atoms with Gasteiger partial charge in [-0.3, -0.25) is 0 Å². The highest BCUT2D eigenvalue weighted by atomic mass is 32.1. The van der Waals surface area contributed by atoms with Gasteiger partial charge in [-0.25, -0.2) is 4.39 Å². The summed E-state index contributed by atoms with van der Waals surface area (Å²) in [6, 6.07) is 5.22. The van der Waals surface area contributed by atoms with Crippen LogP contribution in [0.5, 0.6) is 0 Å². The lowest BCUT2D eigenvalue weighted by Gasteiger charge is -2.37. The smallest absolute Gasteiger partial charge is 0.173 e. The molecule has 5 heteroatoms. The van der Waals surface area contributed by atoms with Crippen LogP contribution in [0, 0.1) is 5.82 Å². The zero-order chi connectivity index (χ0) is 13.8. The first-order chi connectivity index (χ1) is 9.13. The number of ether oxygens (including phenoxy) is 1. The summed E-state index contributed by atoms with van der Waals surface area (Å²) < 4.78 is 18.3. The number of halogens is 1. The Morgan fingerprint density at radius 1 is 1.58 bits per heavy atom. The van der Waals surface area contributed by atoms with Gasteiger partial charge < -0.3 is 15.0 Å². The lowest BCUT2D eigenvalue weighted by molar-refractivity contribution is 0.204. The highest BCUT2D eigenvalue weighted by Crippen LogP contribution is 2.31. The molecule has 2 rings (SSSR count). The van der Waals surface area contributed by atoms with Gasteiger partial charge in [-0.05, 0) is 55.7 Å². The van der Waals surface area contributed by atoms with Crippen molar-refractivity contribution >= 4 is 23.0 Å². The number of nitrogens with one attached hydrogen (secondary N) is 1. The summed E-state index contributed by atoms with van der Waals surface area (Å²) in [6.45, 7) is 3.42. The Balaban J connectivity index is 2.18. The van der Waals surface area contributed by atoms with Crippen LogP contribution in [0.1, 0.15) is 18.9 Å². The van der Waals surface area contributed by atoms with Crippen LogP contribution >= 0.6 is 12.2 Å². The van der Waals surface area contributed by atoms with E-state index in [1.54, 1.807) is 13.2 Å². The second kappa shape index (κ2) is 6.30. The number of rotatable bonds is 3. The lowest BCUT2D eigenvalue weighted by atomic mass is 9.97. The summed E-state index contributed by atoms with van der Waals surface area (Å²) in [5.41, 5.74) is 2.03. The molecule has 0 saturated carbocycles. The van der Waals surface area contributed by atoms with Crippen molar-refractivity contribution in [1.82, 2.24) is 5.32 Å². The molecule has 0 fully saturated rings. The SMILES string of the molecule is COCCNC(=S)N1c2ccc(F)cc2CC[C@@H]1C. The summed E-state index contributed by atoms with van der Waals surface area (Å²) in [5.74, 6) is -0.188. The van der Waals surface area contributed by atoms with Crippen molar-refractivity contribution in [1.29, 1.82) is 0 Å². The molecule has 1 aromatic carbocycles. The average Bonchev–Trinajstić information content (AvgIpc) is 2.39. The van der Waals surface area contributed by atoms with E-state index in [0.29, 0.717) is 24.3 Å². The molecule has 0 unspecified atom stereocenters. The van der Waals surface area contributed by atoms with Crippen molar-refractivity contribution in [2.75, 3.05) is 25.2 Å². The van der Waals surface area contributed by atoms with Crippen LogP contribution in [0.25, 0.3) is 0 Å². The average molecular weight is 282 g/mol. The Kier molecular flexibility index (Phi) is 4.71. The third-order valence-corrected chi connectivity index (χ3v) is 3.72. The van der Waals surface area contributed by atoms with Crippen LogP contribution in [0.4, 0.5) is 10.1 Å². The van der Waals surface area contributed by atoms with Crippen molar-refractivity contribution in [2.45, 2.75) is 25.8 Å². The summed E-state index contributed by atoms with van der Waals surface area (Å²) >= 11 is 5.44. The molecule has 0 spiro atoms. The molecule has 0 aromatic heterocycles. The van der Waals surface area contributed by atoms with E-state index in [1.165, 1.54) is 6.07 Å². The van der Waals surface area contributed by atoms with E-state index < -0.39 is 0 Å². The van der Waals surface area contributed by atoms with Crippen molar-refractivity contribution in [2.24, 2.45) is 0 Å². The fraction of sp³-hybridized carbons (Fsp3) is 0.500. The molecule has 0 radical (unpaired) electrons. The molecular formula is C14H19FN2OS. The molecular weight excluding hydrogens is 263 g/mol. The van der Waals surface area contributed by atoms with Gasteiger partial charge in [0.1, 0.15) is 5.82 Å². The van der Waals surface area contributed by atoms with Gasteiger partial charge in [0, 0.05) is 25.4 Å². The summed E-state index contributed by atoms with van der Waals surface area (Å²) in [5, 5.41) is 3.86. The summed E-state index contributed by atoms with van der Waals surface area (Å²) in [4.78, 5) is 2.07. The Morgan fingerprint density at radius 2 is 2.37 bits per heavy atom. The molecule has 0 bridgehead atoms. The number of fused-ring (bicyclic) bond motifs is 1. The minimum Gasteiger partial charge on any atom is -0.383 e.